The molecule has 606 valence electrons. The van der Waals surface area contributed by atoms with Crippen LogP contribution in [0.3, 0.4) is 0 Å². The van der Waals surface area contributed by atoms with Crippen LogP contribution in [0.5, 0.6) is 0 Å². The van der Waals surface area contributed by atoms with E-state index < -0.39 is 97.5 Å². The lowest BCUT2D eigenvalue weighted by atomic mass is 10.0. The van der Waals surface area contributed by atoms with Gasteiger partial charge in [0.15, 0.2) is 12.2 Å². The van der Waals surface area contributed by atoms with Gasteiger partial charge in [0.25, 0.3) is 0 Å². The first-order chi connectivity index (χ1) is 49.2. The predicted octanol–water partition coefficient (Wildman–Crippen LogP) is 24.9. The summed E-state index contributed by atoms with van der Waals surface area (Å²) in [7, 11) is -9.92. The van der Waals surface area contributed by atoms with Crippen LogP contribution < -0.4 is 0 Å². The maximum Gasteiger partial charge on any atom is 0.472 e. The highest BCUT2D eigenvalue weighted by Gasteiger charge is 2.30. The number of esters is 4. The lowest BCUT2D eigenvalue weighted by Crippen LogP contribution is -2.30. The highest BCUT2D eigenvalue weighted by atomic mass is 31.2. The first-order valence-electron chi connectivity index (χ1n) is 42.8. The number of phosphoric ester groups is 2. The number of phosphoric acid groups is 2. The summed E-state index contributed by atoms with van der Waals surface area (Å²) >= 11 is 0. The highest BCUT2D eigenvalue weighted by molar-refractivity contribution is 7.47. The van der Waals surface area contributed by atoms with E-state index in [-0.39, 0.29) is 25.7 Å². The molecule has 0 saturated heterocycles. The molecule has 3 N–H and O–H groups in total. The maximum atomic E-state index is 13.1. The van der Waals surface area contributed by atoms with Gasteiger partial charge in [-0.25, -0.2) is 9.13 Å². The Hall–Kier alpha value is -1.94. The van der Waals surface area contributed by atoms with Crippen LogP contribution >= 0.6 is 15.6 Å². The molecule has 5 atom stereocenters. The molecule has 0 saturated carbocycles. The fourth-order valence-corrected chi connectivity index (χ4v) is 14.4. The molecule has 0 aromatic heterocycles. The second kappa shape index (κ2) is 73.2. The van der Waals surface area contributed by atoms with E-state index in [4.69, 9.17) is 37.0 Å². The molecule has 19 heteroatoms. The Kier molecular flexibility index (Phi) is 71.8. The second-order valence-corrected chi connectivity index (χ2v) is 34.2. The smallest absolute Gasteiger partial charge is 0.462 e. The molecule has 0 rings (SSSR count). The predicted molar refractivity (Wildman–Crippen MR) is 418 cm³/mol. The molecule has 0 amide bonds. The van der Waals surface area contributed by atoms with Gasteiger partial charge in [0, 0.05) is 25.7 Å². The SMILES string of the molecule is CCCCCCCCCCCCCCC(=O)OC[C@H](COP(=O)(O)OC[C@H](O)COP(=O)(O)OC[C@@H](COC(=O)CCCCCCCCCCCCCCC(C)C)OC(=O)CCCCCCCCCCCCCCCCCCCCC(C)C)OC(=O)CCCCCCCCCCCCCC(C)C. The topological polar surface area (TPSA) is 237 Å². The molecule has 0 bridgehead atoms. The van der Waals surface area contributed by atoms with Crippen LogP contribution in [0, 0.1) is 17.8 Å². The van der Waals surface area contributed by atoms with E-state index in [1.54, 1.807) is 0 Å². The van der Waals surface area contributed by atoms with E-state index in [9.17, 15) is 43.2 Å². The fourth-order valence-electron chi connectivity index (χ4n) is 12.8. The molecular formula is C83H162O17P2. The summed E-state index contributed by atoms with van der Waals surface area (Å²) in [6.45, 7) is 12.0. The summed E-state index contributed by atoms with van der Waals surface area (Å²) in [5, 5.41) is 10.7. The Labute approximate surface area is 626 Å². The molecule has 0 radical (unpaired) electrons. The third-order valence-electron chi connectivity index (χ3n) is 19.4. The number of hydrogen-bond acceptors (Lipinski definition) is 15. The van der Waals surface area contributed by atoms with Crippen molar-refractivity contribution in [3.8, 4) is 0 Å². The number of hydrogen-bond donors (Lipinski definition) is 3. The van der Waals surface area contributed by atoms with Crippen molar-refractivity contribution < 1.29 is 80.2 Å². The standard InChI is InChI=1S/C83H162O17P2/c1-8-9-10-11-12-13-14-29-36-43-50-57-64-80(85)93-70-79(100-83(88)67-60-53-46-39-32-25-28-35-42-49-56-63-76(6)7)73-98-102(91,92)96-69-77(84)68-95-101(89,90)97-72-78(71-94-81(86)65-58-51-44-37-30-24-23-27-34-41-48-55-62-75(4)5)99-82(87)66-59-52-45-38-31-22-20-18-16-15-17-19-21-26-33-40-47-54-61-74(2)3/h74-79,84H,8-73H2,1-7H3,(H,89,90)(H,91,92)/t77-,78-,79-/m1/s1. The Morgan fingerprint density at radius 3 is 0.667 bits per heavy atom. The van der Waals surface area contributed by atoms with Crippen molar-refractivity contribution in [2.24, 2.45) is 17.8 Å². The normalized spacial score (nSPS) is 13.9. The Balaban J connectivity index is 5.24. The number of rotatable bonds is 81. The van der Waals surface area contributed by atoms with Gasteiger partial charge in [-0.2, -0.15) is 0 Å². The molecule has 0 aromatic rings. The summed E-state index contributed by atoms with van der Waals surface area (Å²) in [6.07, 6.45) is 62.4. The van der Waals surface area contributed by atoms with Crippen molar-refractivity contribution in [2.45, 2.75) is 452 Å². The number of carbonyl (C=O) groups excluding carboxylic acids is 4. The van der Waals surface area contributed by atoms with Gasteiger partial charge in [0.1, 0.15) is 19.3 Å². The number of ether oxygens (including phenoxy) is 4. The summed E-state index contributed by atoms with van der Waals surface area (Å²) in [5.74, 6) is 0.261. The minimum absolute atomic E-state index is 0.107. The average molecular weight is 1490 g/mol. The van der Waals surface area contributed by atoms with E-state index in [1.165, 1.54) is 244 Å². The summed E-state index contributed by atoms with van der Waals surface area (Å²) in [5.41, 5.74) is 0. The largest absolute Gasteiger partial charge is 0.472 e. The van der Waals surface area contributed by atoms with E-state index >= 15 is 0 Å². The van der Waals surface area contributed by atoms with Gasteiger partial charge in [0.2, 0.25) is 0 Å². The van der Waals surface area contributed by atoms with Gasteiger partial charge in [-0.05, 0) is 43.4 Å². The molecule has 0 fully saturated rings. The van der Waals surface area contributed by atoms with Crippen molar-refractivity contribution in [2.75, 3.05) is 39.6 Å². The van der Waals surface area contributed by atoms with Gasteiger partial charge >= 0.3 is 39.5 Å². The van der Waals surface area contributed by atoms with Crippen molar-refractivity contribution in [1.29, 1.82) is 0 Å². The maximum absolute atomic E-state index is 13.1. The van der Waals surface area contributed by atoms with Crippen molar-refractivity contribution >= 4 is 39.5 Å². The summed E-state index contributed by atoms with van der Waals surface area (Å²) < 4.78 is 68.8. The van der Waals surface area contributed by atoms with Crippen LogP contribution in [0.25, 0.3) is 0 Å². The molecule has 0 heterocycles. The van der Waals surface area contributed by atoms with Crippen LogP contribution in [-0.2, 0) is 65.4 Å². The van der Waals surface area contributed by atoms with Gasteiger partial charge < -0.3 is 33.8 Å². The van der Waals surface area contributed by atoms with Crippen molar-refractivity contribution in [1.82, 2.24) is 0 Å². The lowest BCUT2D eigenvalue weighted by molar-refractivity contribution is -0.161. The molecule has 0 aliphatic heterocycles. The van der Waals surface area contributed by atoms with Crippen LogP contribution in [-0.4, -0.2) is 96.7 Å². The minimum atomic E-state index is -4.96. The quantitative estimate of drug-likeness (QED) is 0.0222. The third-order valence-corrected chi connectivity index (χ3v) is 21.3. The van der Waals surface area contributed by atoms with Gasteiger partial charge in [0.05, 0.1) is 26.4 Å². The van der Waals surface area contributed by atoms with Crippen LogP contribution in [0.1, 0.15) is 434 Å². The zero-order chi connectivity index (χ0) is 75.1. The minimum Gasteiger partial charge on any atom is -0.462 e. The molecular weight excluding hydrogens is 1330 g/mol. The highest BCUT2D eigenvalue weighted by Crippen LogP contribution is 2.45. The van der Waals surface area contributed by atoms with E-state index in [0.717, 1.165) is 108 Å². The van der Waals surface area contributed by atoms with E-state index in [2.05, 4.69) is 48.5 Å². The van der Waals surface area contributed by atoms with E-state index in [1.807, 2.05) is 0 Å². The zero-order valence-electron chi connectivity index (χ0n) is 67.1. The lowest BCUT2D eigenvalue weighted by Gasteiger charge is -2.21. The number of carbonyl (C=O) groups is 4. The fraction of sp³-hybridized carbons (Fsp3) is 0.952. The Morgan fingerprint density at radius 2 is 0.451 bits per heavy atom. The van der Waals surface area contributed by atoms with Gasteiger partial charge in [-0.1, -0.05) is 382 Å². The van der Waals surface area contributed by atoms with Gasteiger partial charge in [-0.15, -0.1) is 0 Å². The second-order valence-electron chi connectivity index (χ2n) is 31.3. The first kappa shape index (κ1) is 100. The molecule has 0 aliphatic carbocycles. The Morgan fingerprint density at radius 1 is 0.265 bits per heavy atom. The monoisotopic (exact) mass is 1490 g/mol. The van der Waals surface area contributed by atoms with Crippen molar-refractivity contribution in [3.05, 3.63) is 0 Å². The molecule has 0 aromatic carbocycles. The Bertz CT molecular complexity index is 1970. The number of aliphatic hydroxyl groups excluding tert-OH is 1. The molecule has 0 spiro atoms. The van der Waals surface area contributed by atoms with E-state index in [0.29, 0.717) is 25.7 Å². The zero-order valence-corrected chi connectivity index (χ0v) is 68.9. The average Bonchev–Trinajstić information content (AvgIpc) is 0.935. The third kappa shape index (κ3) is 76.3. The number of unbranched alkanes of at least 4 members (excludes halogenated alkanes) is 49. The van der Waals surface area contributed by atoms with Crippen LogP contribution in [0.4, 0.5) is 0 Å². The first-order valence-corrected chi connectivity index (χ1v) is 45.8. The number of aliphatic hydroxyl groups is 1. The van der Waals surface area contributed by atoms with Crippen LogP contribution in [0.15, 0.2) is 0 Å². The molecule has 0 aliphatic rings. The summed E-state index contributed by atoms with van der Waals surface area (Å²) in [4.78, 5) is 73.1. The summed E-state index contributed by atoms with van der Waals surface area (Å²) in [6, 6.07) is 0. The van der Waals surface area contributed by atoms with Crippen molar-refractivity contribution in [3.63, 3.8) is 0 Å². The molecule has 102 heavy (non-hydrogen) atoms. The molecule has 17 nitrogen and oxygen atoms in total. The van der Waals surface area contributed by atoms with Gasteiger partial charge in [-0.3, -0.25) is 37.3 Å². The van der Waals surface area contributed by atoms with Crippen LogP contribution in [0.2, 0.25) is 0 Å². The molecule has 2 unspecified atom stereocenters.